The highest BCUT2D eigenvalue weighted by Crippen LogP contribution is 2.22. The van der Waals surface area contributed by atoms with E-state index in [9.17, 15) is 13.9 Å². The second-order valence-corrected chi connectivity index (χ2v) is 4.49. The van der Waals surface area contributed by atoms with Crippen LogP contribution in [0.3, 0.4) is 0 Å². The van der Waals surface area contributed by atoms with Crippen molar-refractivity contribution in [1.82, 2.24) is 0 Å². The lowest BCUT2D eigenvalue weighted by atomic mass is 10.2. The van der Waals surface area contributed by atoms with Gasteiger partial charge in [0.2, 0.25) is 0 Å². The lowest BCUT2D eigenvalue weighted by Crippen LogP contribution is -2.13. The second kappa shape index (κ2) is 5.25. The molecule has 1 aromatic heterocycles. The number of aliphatic hydroxyl groups excluding tert-OH is 1. The van der Waals surface area contributed by atoms with Crippen molar-refractivity contribution in [2.45, 2.75) is 6.10 Å². The van der Waals surface area contributed by atoms with Gasteiger partial charge in [0.1, 0.15) is 23.4 Å². The third-order valence-electron chi connectivity index (χ3n) is 2.31. The first-order valence-corrected chi connectivity index (χ1v) is 5.96. The fraction of sp³-hybridized carbons (Fsp3) is 0.167. The molecule has 0 aliphatic heterocycles. The molecule has 0 saturated heterocycles. The molecular weight excluding hydrogens is 244 g/mol. The first kappa shape index (κ1) is 12.0. The van der Waals surface area contributed by atoms with Gasteiger partial charge in [-0.3, -0.25) is 0 Å². The maximum atomic E-state index is 13.3. The van der Waals surface area contributed by atoms with Gasteiger partial charge in [-0.1, -0.05) is 12.1 Å². The molecule has 0 aliphatic carbocycles. The third kappa shape index (κ3) is 2.81. The number of anilines is 1. The fourth-order valence-electron chi connectivity index (χ4n) is 1.45. The summed E-state index contributed by atoms with van der Waals surface area (Å²) in [6.45, 7) is 0.0678. The van der Waals surface area contributed by atoms with E-state index in [1.165, 1.54) is 29.5 Å². The molecule has 2 nitrogen and oxygen atoms in total. The zero-order valence-electron chi connectivity index (χ0n) is 8.86. The molecular formula is C12H11F2NOS. The molecule has 0 bridgehead atoms. The molecule has 2 rings (SSSR count). The van der Waals surface area contributed by atoms with Crippen molar-refractivity contribution in [2.24, 2.45) is 0 Å². The van der Waals surface area contributed by atoms with Crippen LogP contribution in [0.4, 0.5) is 14.5 Å². The average molecular weight is 255 g/mol. The van der Waals surface area contributed by atoms with Crippen LogP contribution in [0.15, 0.2) is 35.7 Å². The Morgan fingerprint density at radius 2 is 1.88 bits per heavy atom. The van der Waals surface area contributed by atoms with E-state index in [1.54, 1.807) is 6.07 Å². The number of nitrogens with one attached hydrogen (secondary N) is 1. The number of halogens is 2. The molecule has 0 amide bonds. The Morgan fingerprint density at radius 3 is 2.47 bits per heavy atom. The molecule has 1 atom stereocenters. The van der Waals surface area contributed by atoms with Gasteiger partial charge in [0.15, 0.2) is 0 Å². The summed E-state index contributed by atoms with van der Waals surface area (Å²) in [5.41, 5.74) is -0.205. The number of hydrogen-bond acceptors (Lipinski definition) is 3. The first-order valence-electron chi connectivity index (χ1n) is 5.08. The standard InChI is InChI=1S/C12H11F2NOS/c13-8-3-1-4-9(14)12(8)15-7-10(16)11-5-2-6-17-11/h1-6,10,15-16H,7H2. The Labute approximate surface area is 102 Å². The number of hydrogen-bond donors (Lipinski definition) is 2. The molecule has 1 aromatic carbocycles. The molecule has 0 spiro atoms. The normalized spacial score (nSPS) is 12.4. The average Bonchev–Trinajstić information content (AvgIpc) is 2.81. The molecule has 1 heterocycles. The summed E-state index contributed by atoms with van der Waals surface area (Å²) in [6.07, 6.45) is -0.769. The summed E-state index contributed by atoms with van der Waals surface area (Å²) in [6, 6.07) is 7.22. The molecule has 1 unspecified atom stereocenters. The number of thiophene rings is 1. The summed E-state index contributed by atoms with van der Waals surface area (Å²) < 4.78 is 26.5. The van der Waals surface area contributed by atoms with E-state index in [2.05, 4.69) is 5.32 Å². The third-order valence-corrected chi connectivity index (χ3v) is 3.28. The van der Waals surface area contributed by atoms with E-state index < -0.39 is 17.7 Å². The Balaban J connectivity index is 2.03. The Hall–Kier alpha value is -1.46. The molecule has 2 aromatic rings. The van der Waals surface area contributed by atoms with Gasteiger partial charge < -0.3 is 10.4 Å². The van der Waals surface area contributed by atoms with E-state index in [-0.39, 0.29) is 12.2 Å². The number of para-hydroxylation sites is 1. The van der Waals surface area contributed by atoms with E-state index in [4.69, 9.17) is 0 Å². The van der Waals surface area contributed by atoms with Crippen molar-refractivity contribution >= 4 is 17.0 Å². The van der Waals surface area contributed by atoms with Gasteiger partial charge in [0.25, 0.3) is 0 Å². The largest absolute Gasteiger partial charge is 0.386 e. The number of benzene rings is 1. The lowest BCUT2D eigenvalue weighted by Gasteiger charge is -2.12. The van der Waals surface area contributed by atoms with Crippen LogP contribution in [0.25, 0.3) is 0 Å². The van der Waals surface area contributed by atoms with Gasteiger partial charge in [-0.2, -0.15) is 0 Å². The monoisotopic (exact) mass is 255 g/mol. The fourth-order valence-corrected chi connectivity index (χ4v) is 2.16. The molecule has 5 heteroatoms. The highest BCUT2D eigenvalue weighted by atomic mass is 32.1. The van der Waals surface area contributed by atoms with E-state index in [1.807, 2.05) is 11.4 Å². The summed E-state index contributed by atoms with van der Waals surface area (Å²) in [5.74, 6) is -1.33. The van der Waals surface area contributed by atoms with Crippen molar-refractivity contribution in [2.75, 3.05) is 11.9 Å². The van der Waals surface area contributed by atoms with Gasteiger partial charge >= 0.3 is 0 Å². The number of rotatable bonds is 4. The molecule has 2 N–H and O–H groups in total. The zero-order chi connectivity index (χ0) is 12.3. The van der Waals surface area contributed by atoms with E-state index in [0.717, 1.165) is 4.88 Å². The maximum Gasteiger partial charge on any atom is 0.149 e. The van der Waals surface area contributed by atoms with Gasteiger partial charge in [0, 0.05) is 11.4 Å². The van der Waals surface area contributed by atoms with Crippen LogP contribution in [0.5, 0.6) is 0 Å². The topological polar surface area (TPSA) is 32.3 Å². The molecule has 0 fully saturated rings. The minimum atomic E-state index is -0.769. The summed E-state index contributed by atoms with van der Waals surface area (Å²) >= 11 is 1.40. The van der Waals surface area contributed by atoms with Crippen LogP contribution in [-0.4, -0.2) is 11.7 Å². The lowest BCUT2D eigenvalue weighted by molar-refractivity contribution is 0.195. The highest BCUT2D eigenvalue weighted by molar-refractivity contribution is 7.10. The first-order chi connectivity index (χ1) is 8.18. The van der Waals surface area contributed by atoms with Gasteiger partial charge in [0.05, 0.1) is 0 Å². The van der Waals surface area contributed by atoms with Gasteiger partial charge in [-0.05, 0) is 23.6 Å². The smallest absolute Gasteiger partial charge is 0.149 e. The SMILES string of the molecule is OC(CNc1c(F)cccc1F)c1cccs1. The van der Waals surface area contributed by atoms with Crippen LogP contribution in [0, 0.1) is 11.6 Å². The minimum Gasteiger partial charge on any atom is -0.386 e. The second-order valence-electron chi connectivity index (χ2n) is 3.51. The van der Waals surface area contributed by atoms with Crippen molar-refractivity contribution in [3.05, 3.63) is 52.2 Å². The van der Waals surface area contributed by atoms with Crippen molar-refractivity contribution in [3.8, 4) is 0 Å². The Morgan fingerprint density at radius 1 is 1.18 bits per heavy atom. The Kier molecular flexibility index (Phi) is 3.71. The molecule has 17 heavy (non-hydrogen) atoms. The maximum absolute atomic E-state index is 13.3. The number of aliphatic hydroxyl groups is 1. The van der Waals surface area contributed by atoms with Crippen LogP contribution in [0.1, 0.15) is 11.0 Å². The molecule has 0 radical (unpaired) electrons. The zero-order valence-corrected chi connectivity index (χ0v) is 9.68. The Bertz CT molecular complexity index is 467. The molecule has 0 aliphatic rings. The summed E-state index contributed by atoms with van der Waals surface area (Å²) in [7, 11) is 0. The summed E-state index contributed by atoms with van der Waals surface area (Å²) in [4.78, 5) is 0.759. The van der Waals surface area contributed by atoms with Crippen LogP contribution < -0.4 is 5.32 Å². The van der Waals surface area contributed by atoms with Gasteiger partial charge in [-0.15, -0.1) is 11.3 Å². The molecule has 90 valence electrons. The predicted octanol–water partition coefficient (Wildman–Crippen LogP) is 3.17. The van der Waals surface area contributed by atoms with Gasteiger partial charge in [-0.25, -0.2) is 8.78 Å². The van der Waals surface area contributed by atoms with E-state index >= 15 is 0 Å². The predicted molar refractivity (Wildman–Crippen MR) is 64.1 cm³/mol. The van der Waals surface area contributed by atoms with E-state index in [0.29, 0.717) is 0 Å². The highest BCUT2D eigenvalue weighted by Gasteiger charge is 2.12. The van der Waals surface area contributed by atoms with Crippen molar-refractivity contribution < 1.29 is 13.9 Å². The van der Waals surface area contributed by atoms with Crippen LogP contribution >= 0.6 is 11.3 Å². The summed E-state index contributed by atoms with van der Waals surface area (Å²) in [5, 5.41) is 14.2. The van der Waals surface area contributed by atoms with Crippen molar-refractivity contribution in [3.63, 3.8) is 0 Å². The van der Waals surface area contributed by atoms with Crippen molar-refractivity contribution in [1.29, 1.82) is 0 Å². The minimum absolute atomic E-state index is 0.0678. The quantitative estimate of drug-likeness (QED) is 0.879. The van der Waals surface area contributed by atoms with Crippen LogP contribution in [0.2, 0.25) is 0 Å². The molecule has 0 saturated carbocycles. The van der Waals surface area contributed by atoms with Crippen LogP contribution in [-0.2, 0) is 0 Å².